The summed E-state index contributed by atoms with van der Waals surface area (Å²) in [6, 6.07) is 5.79. The molecule has 8 heteroatoms. The minimum Gasteiger partial charge on any atom is -0.497 e. The average molecular weight is 302 g/mol. The first-order chi connectivity index (χ1) is 9.26. The van der Waals surface area contributed by atoms with Gasteiger partial charge < -0.3 is 9.84 Å². The van der Waals surface area contributed by atoms with Gasteiger partial charge in [-0.1, -0.05) is 12.1 Å². The fourth-order valence-electron chi connectivity index (χ4n) is 1.48. The number of ether oxygens (including phenoxy) is 1. The first-order valence-corrected chi connectivity index (χ1v) is 7.29. The highest BCUT2D eigenvalue weighted by Crippen LogP contribution is 2.14. The molecule has 1 aromatic carbocycles. The fourth-order valence-corrected chi connectivity index (χ4v) is 2.52. The Morgan fingerprint density at radius 1 is 1.50 bits per heavy atom. The van der Waals surface area contributed by atoms with Crippen LogP contribution in [0.5, 0.6) is 5.75 Å². The fraction of sp³-hybridized carbons (Fsp3) is 0.417. The zero-order valence-electron chi connectivity index (χ0n) is 11.5. The maximum Gasteiger partial charge on any atom is 0.321 e. The van der Waals surface area contributed by atoms with Gasteiger partial charge in [0.2, 0.25) is 0 Å². The lowest BCUT2D eigenvalue weighted by atomic mass is 10.2. The van der Waals surface area contributed by atoms with E-state index in [1.54, 1.807) is 24.3 Å². The van der Waals surface area contributed by atoms with Gasteiger partial charge in [-0.05, 0) is 24.6 Å². The van der Waals surface area contributed by atoms with Crippen molar-refractivity contribution in [2.45, 2.75) is 19.5 Å². The van der Waals surface area contributed by atoms with Crippen molar-refractivity contribution in [1.29, 1.82) is 0 Å². The molecular weight excluding hydrogens is 284 g/mol. The summed E-state index contributed by atoms with van der Waals surface area (Å²) in [5, 5.41) is 8.72. The Hall–Kier alpha value is -1.64. The molecule has 0 unspecified atom stereocenters. The minimum absolute atomic E-state index is 0.110. The topological polar surface area (TPSA) is 95.9 Å². The highest BCUT2D eigenvalue weighted by molar-refractivity contribution is 7.87. The summed E-state index contributed by atoms with van der Waals surface area (Å²) in [5.41, 5.74) is 0.736. The summed E-state index contributed by atoms with van der Waals surface area (Å²) < 4.78 is 32.0. The number of carbonyl (C=O) groups is 1. The Morgan fingerprint density at radius 3 is 2.70 bits per heavy atom. The summed E-state index contributed by atoms with van der Waals surface area (Å²) in [6.45, 7) is 1.37. The number of carboxylic acid groups (broad SMARTS) is 1. The van der Waals surface area contributed by atoms with E-state index in [0.29, 0.717) is 5.75 Å². The molecule has 0 radical (unpaired) electrons. The van der Waals surface area contributed by atoms with Crippen LogP contribution in [0.4, 0.5) is 0 Å². The van der Waals surface area contributed by atoms with Gasteiger partial charge in [-0.2, -0.15) is 17.4 Å². The Morgan fingerprint density at radius 2 is 2.15 bits per heavy atom. The summed E-state index contributed by atoms with van der Waals surface area (Å²) in [7, 11) is -0.966. The Balaban J connectivity index is 2.78. The van der Waals surface area contributed by atoms with E-state index in [1.807, 2.05) is 0 Å². The molecule has 0 saturated heterocycles. The second-order valence-electron chi connectivity index (χ2n) is 4.29. The molecule has 0 amide bonds. The van der Waals surface area contributed by atoms with Crippen LogP contribution in [-0.4, -0.2) is 44.0 Å². The van der Waals surface area contributed by atoms with Gasteiger partial charge in [0.25, 0.3) is 10.2 Å². The average Bonchev–Trinajstić information content (AvgIpc) is 2.38. The van der Waals surface area contributed by atoms with E-state index in [-0.39, 0.29) is 6.54 Å². The van der Waals surface area contributed by atoms with Gasteiger partial charge in [0.15, 0.2) is 0 Å². The summed E-state index contributed by atoms with van der Waals surface area (Å²) in [4.78, 5) is 10.7. The van der Waals surface area contributed by atoms with E-state index >= 15 is 0 Å². The van der Waals surface area contributed by atoms with Crippen molar-refractivity contribution in [3.63, 3.8) is 0 Å². The summed E-state index contributed by atoms with van der Waals surface area (Å²) >= 11 is 0. The van der Waals surface area contributed by atoms with Crippen LogP contribution in [0.1, 0.15) is 12.5 Å². The zero-order valence-corrected chi connectivity index (χ0v) is 12.3. The first kappa shape index (κ1) is 16.4. The van der Waals surface area contributed by atoms with Crippen LogP contribution >= 0.6 is 0 Å². The van der Waals surface area contributed by atoms with Crippen LogP contribution in [0.15, 0.2) is 24.3 Å². The molecule has 0 aliphatic heterocycles. The van der Waals surface area contributed by atoms with Gasteiger partial charge in [0, 0.05) is 13.6 Å². The lowest BCUT2D eigenvalue weighted by Gasteiger charge is -2.19. The predicted molar refractivity (Wildman–Crippen MR) is 73.6 cm³/mol. The Bertz CT molecular complexity index is 573. The SMILES string of the molecule is COc1cccc(CN(C)S(=O)(=O)N[C@H](C)C(=O)O)c1. The number of rotatable bonds is 7. The highest BCUT2D eigenvalue weighted by atomic mass is 32.2. The predicted octanol–water partition coefficient (Wildman–Crippen LogP) is 0.434. The van der Waals surface area contributed by atoms with Gasteiger partial charge >= 0.3 is 5.97 Å². The number of carboxylic acids is 1. The van der Waals surface area contributed by atoms with Gasteiger partial charge in [-0.3, -0.25) is 4.79 Å². The summed E-state index contributed by atoms with van der Waals surface area (Å²) in [6.07, 6.45) is 0. The second-order valence-corrected chi connectivity index (χ2v) is 6.10. The van der Waals surface area contributed by atoms with Crippen LogP contribution in [0, 0.1) is 0 Å². The molecule has 1 atom stereocenters. The maximum absolute atomic E-state index is 11.9. The minimum atomic E-state index is -3.86. The number of benzene rings is 1. The van der Waals surface area contributed by atoms with Crippen LogP contribution in [-0.2, 0) is 21.5 Å². The molecule has 0 aliphatic rings. The maximum atomic E-state index is 11.9. The zero-order chi connectivity index (χ0) is 15.3. The van der Waals surface area contributed by atoms with E-state index in [0.717, 1.165) is 9.87 Å². The highest BCUT2D eigenvalue weighted by Gasteiger charge is 2.23. The normalized spacial score (nSPS) is 13.2. The van der Waals surface area contributed by atoms with Gasteiger partial charge in [-0.25, -0.2) is 0 Å². The van der Waals surface area contributed by atoms with Gasteiger partial charge in [0.05, 0.1) is 7.11 Å². The van der Waals surface area contributed by atoms with Crippen molar-refractivity contribution < 1.29 is 23.1 Å². The molecule has 112 valence electrons. The lowest BCUT2D eigenvalue weighted by molar-refractivity contribution is -0.138. The molecule has 0 spiro atoms. The Labute approximate surface area is 118 Å². The van der Waals surface area contributed by atoms with Crippen LogP contribution in [0.25, 0.3) is 0 Å². The smallest absolute Gasteiger partial charge is 0.321 e. The van der Waals surface area contributed by atoms with E-state index in [9.17, 15) is 13.2 Å². The Kier molecular flexibility index (Phi) is 5.49. The van der Waals surface area contributed by atoms with Crippen molar-refractivity contribution in [3.8, 4) is 5.75 Å². The van der Waals surface area contributed by atoms with Crippen molar-refractivity contribution in [2.75, 3.05) is 14.2 Å². The van der Waals surface area contributed by atoms with E-state index in [2.05, 4.69) is 4.72 Å². The largest absolute Gasteiger partial charge is 0.497 e. The molecule has 7 nitrogen and oxygen atoms in total. The van der Waals surface area contributed by atoms with Crippen molar-refractivity contribution in [3.05, 3.63) is 29.8 Å². The third kappa shape index (κ3) is 4.48. The molecule has 1 aromatic rings. The molecule has 1 rings (SSSR count). The van der Waals surface area contributed by atoms with Crippen LogP contribution < -0.4 is 9.46 Å². The van der Waals surface area contributed by atoms with Gasteiger partial charge in [-0.15, -0.1) is 0 Å². The van der Waals surface area contributed by atoms with Crippen molar-refractivity contribution >= 4 is 16.2 Å². The number of methoxy groups -OCH3 is 1. The summed E-state index contributed by atoms with van der Waals surface area (Å²) in [5.74, 6) is -0.608. The molecule has 20 heavy (non-hydrogen) atoms. The van der Waals surface area contributed by atoms with E-state index in [4.69, 9.17) is 9.84 Å². The number of nitrogens with zero attached hydrogens (tertiary/aromatic N) is 1. The van der Waals surface area contributed by atoms with Crippen LogP contribution in [0.2, 0.25) is 0 Å². The van der Waals surface area contributed by atoms with E-state index < -0.39 is 22.2 Å². The third-order valence-electron chi connectivity index (χ3n) is 2.65. The molecule has 0 bridgehead atoms. The van der Waals surface area contributed by atoms with Crippen molar-refractivity contribution in [1.82, 2.24) is 9.03 Å². The van der Waals surface area contributed by atoms with Crippen LogP contribution in [0.3, 0.4) is 0 Å². The molecule has 0 aromatic heterocycles. The molecule has 0 aliphatic carbocycles. The third-order valence-corrected chi connectivity index (χ3v) is 4.25. The lowest BCUT2D eigenvalue weighted by Crippen LogP contribution is -2.45. The monoisotopic (exact) mass is 302 g/mol. The van der Waals surface area contributed by atoms with E-state index in [1.165, 1.54) is 21.1 Å². The number of nitrogens with one attached hydrogen (secondary N) is 1. The molecule has 2 N–H and O–H groups in total. The standard InChI is InChI=1S/C12H18N2O5S/c1-9(12(15)16)13-20(17,18)14(2)8-10-5-4-6-11(7-10)19-3/h4-7,9,13H,8H2,1-3H3,(H,15,16)/t9-/m1/s1. The molecule has 0 heterocycles. The van der Waals surface area contributed by atoms with Gasteiger partial charge in [0.1, 0.15) is 11.8 Å². The first-order valence-electron chi connectivity index (χ1n) is 5.85. The number of hydrogen-bond acceptors (Lipinski definition) is 4. The molecular formula is C12H18N2O5S. The second kappa shape index (κ2) is 6.69. The molecule has 0 saturated carbocycles. The molecule has 0 fully saturated rings. The van der Waals surface area contributed by atoms with Crippen molar-refractivity contribution in [2.24, 2.45) is 0 Å². The number of aliphatic carboxylic acids is 1. The number of hydrogen-bond donors (Lipinski definition) is 2. The quantitative estimate of drug-likeness (QED) is 0.761.